The van der Waals surface area contributed by atoms with E-state index in [9.17, 15) is 15.4 Å². The molecule has 0 spiro atoms. The van der Waals surface area contributed by atoms with E-state index in [2.05, 4.69) is 16.0 Å². The standard InChI is InChI=1S/C25H20N4O3S/c26-16-18(25-27-20-6-2-3-7-24(20)33-25)14-19-9-11-23(32-19)17-8-10-21(22(15-17)29(30)31)28-12-4-1-5-13-28/h2-3,6-11,14-15H,1,4-5,12-13H2/b18-14-. The molecule has 5 rings (SSSR count). The second-order valence-corrected chi connectivity index (χ2v) is 8.90. The quantitative estimate of drug-likeness (QED) is 0.193. The van der Waals surface area contributed by atoms with E-state index in [0.29, 0.717) is 33.4 Å². The first kappa shape index (κ1) is 20.9. The highest BCUT2D eigenvalue weighted by molar-refractivity contribution is 7.19. The molecule has 33 heavy (non-hydrogen) atoms. The van der Waals surface area contributed by atoms with E-state index in [-0.39, 0.29) is 10.6 Å². The Labute approximate surface area is 194 Å². The summed E-state index contributed by atoms with van der Waals surface area (Å²) < 4.78 is 6.94. The zero-order chi connectivity index (χ0) is 22.8. The average Bonchev–Trinajstić information content (AvgIpc) is 3.49. The van der Waals surface area contributed by atoms with Crippen LogP contribution in [0.5, 0.6) is 0 Å². The van der Waals surface area contributed by atoms with E-state index in [4.69, 9.17) is 4.42 Å². The molecule has 8 heteroatoms. The molecule has 0 atom stereocenters. The van der Waals surface area contributed by atoms with E-state index in [1.54, 1.807) is 30.3 Å². The number of nitro groups is 1. The lowest BCUT2D eigenvalue weighted by molar-refractivity contribution is -0.384. The number of anilines is 1. The van der Waals surface area contributed by atoms with Gasteiger partial charge in [0.2, 0.25) is 0 Å². The van der Waals surface area contributed by atoms with Crippen LogP contribution in [0, 0.1) is 21.4 Å². The number of hydrogen-bond acceptors (Lipinski definition) is 7. The summed E-state index contributed by atoms with van der Waals surface area (Å²) in [7, 11) is 0. The third-order valence-electron chi connectivity index (χ3n) is 5.71. The predicted molar refractivity (Wildman–Crippen MR) is 130 cm³/mol. The monoisotopic (exact) mass is 456 g/mol. The predicted octanol–water partition coefficient (Wildman–Crippen LogP) is 6.52. The molecule has 0 bridgehead atoms. The second-order valence-electron chi connectivity index (χ2n) is 7.87. The molecule has 1 aliphatic heterocycles. The molecule has 2 aromatic heterocycles. The molecule has 0 N–H and O–H groups in total. The third kappa shape index (κ3) is 4.23. The van der Waals surface area contributed by atoms with Crippen molar-refractivity contribution >= 4 is 44.6 Å². The van der Waals surface area contributed by atoms with Crippen LogP contribution in [-0.2, 0) is 0 Å². The van der Waals surface area contributed by atoms with Gasteiger partial charge in [-0.2, -0.15) is 5.26 Å². The number of thiazole rings is 1. The molecular weight excluding hydrogens is 436 g/mol. The van der Waals surface area contributed by atoms with Gasteiger partial charge >= 0.3 is 0 Å². The smallest absolute Gasteiger partial charge is 0.293 e. The van der Waals surface area contributed by atoms with E-state index < -0.39 is 0 Å². The Morgan fingerprint density at radius 1 is 1.15 bits per heavy atom. The minimum Gasteiger partial charge on any atom is -0.457 e. The highest BCUT2D eigenvalue weighted by Crippen LogP contribution is 2.36. The first-order chi connectivity index (χ1) is 16.1. The summed E-state index contributed by atoms with van der Waals surface area (Å²) in [5.74, 6) is 1.000. The topological polar surface area (TPSA) is 96.2 Å². The van der Waals surface area contributed by atoms with Crippen LogP contribution < -0.4 is 4.90 Å². The summed E-state index contributed by atoms with van der Waals surface area (Å²) in [6.45, 7) is 1.66. The van der Waals surface area contributed by atoms with Crippen molar-refractivity contribution in [1.82, 2.24) is 4.98 Å². The van der Waals surface area contributed by atoms with E-state index in [0.717, 1.165) is 42.6 Å². The molecule has 7 nitrogen and oxygen atoms in total. The van der Waals surface area contributed by atoms with Gasteiger partial charge < -0.3 is 9.32 Å². The first-order valence-electron chi connectivity index (χ1n) is 10.7. The summed E-state index contributed by atoms with van der Waals surface area (Å²) in [6.07, 6.45) is 4.90. The molecule has 1 aliphatic rings. The maximum absolute atomic E-state index is 11.8. The maximum atomic E-state index is 11.8. The number of nitro benzene ring substituents is 1. The van der Waals surface area contributed by atoms with Gasteiger partial charge in [-0.1, -0.05) is 12.1 Å². The molecule has 1 saturated heterocycles. The molecule has 164 valence electrons. The van der Waals surface area contributed by atoms with Crippen LogP contribution in [0.25, 0.3) is 33.2 Å². The lowest BCUT2D eigenvalue weighted by Crippen LogP contribution is -2.29. The lowest BCUT2D eigenvalue weighted by atomic mass is 10.1. The second kappa shape index (κ2) is 8.88. The Balaban J connectivity index is 1.45. The van der Waals surface area contributed by atoms with Gasteiger partial charge in [-0.05, 0) is 55.7 Å². The van der Waals surface area contributed by atoms with Crippen LogP contribution in [-0.4, -0.2) is 23.0 Å². The van der Waals surface area contributed by atoms with Gasteiger partial charge in [-0.15, -0.1) is 11.3 Å². The molecular formula is C25H20N4O3S. The lowest BCUT2D eigenvalue weighted by Gasteiger charge is -2.28. The number of aromatic nitrogens is 1. The maximum Gasteiger partial charge on any atom is 0.293 e. The SMILES string of the molecule is N#C/C(=C/c1ccc(-c2ccc(N3CCCCC3)c([N+](=O)[O-])c2)o1)c1nc2ccccc2s1. The summed E-state index contributed by atoms with van der Waals surface area (Å²) in [4.78, 5) is 18.0. The van der Waals surface area contributed by atoms with Crippen LogP contribution in [0.3, 0.4) is 0 Å². The van der Waals surface area contributed by atoms with Gasteiger partial charge in [-0.25, -0.2) is 4.98 Å². The normalized spacial score (nSPS) is 14.4. The van der Waals surface area contributed by atoms with Crippen molar-refractivity contribution < 1.29 is 9.34 Å². The number of fused-ring (bicyclic) bond motifs is 1. The van der Waals surface area contributed by atoms with Gasteiger partial charge in [0.1, 0.15) is 28.3 Å². The Morgan fingerprint density at radius 3 is 2.73 bits per heavy atom. The molecule has 3 heterocycles. The molecule has 0 unspecified atom stereocenters. The highest BCUT2D eigenvalue weighted by atomic mass is 32.1. The fourth-order valence-corrected chi connectivity index (χ4v) is 5.01. The first-order valence-corrected chi connectivity index (χ1v) is 11.6. The average molecular weight is 457 g/mol. The van der Waals surface area contributed by atoms with Crippen molar-refractivity contribution in [3.63, 3.8) is 0 Å². The van der Waals surface area contributed by atoms with Crippen molar-refractivity contribution in [3.8, 4) is 17.4 Å². The van der Waals surface area contributed by atoms with Gasteiger partial charge in [0.25, 0.3) is 5.69 Å². The number of hydrogen-bond donors (Lipinski definition) is 0. The number of furan rings is 1. The Hall–Kier alpha value is -3.96. The largest absolute Gasteiger partial charge is 0.457 e. The highest BCUT2D eigenvalue weighted by Gasteiger charge is 2.22. The van der Waals surface area contributed by atoms with E-state index >= 15 is 0 Å². The number of allylic oxidation sites excluding steroid dienone is 1. The fraction of sp³-hybridized carbons (Fsp3) is 0.200. The number of nitriles is 1. The van der Waals surface area contributed by atoms with Crippen LogP contribution in [0.1, 0.15) is 30.0 Å². The third-order valence-corrected chi connectivity index (χ3v) is 6.78. The van der Waals surface area contributed by atoms with Crippen molar-refractivity contribution in [3.05, 3.63) is 75.5 Å². The zero-order valence-corrected chi connectivity index (χ0v) is 18.5. The van der Waals surface area contributed by atoms with E-state index in [1.165, 1.54) is 11.3 Å². The molecule has 0 aliphatic carbocycles. The summed E-state index contributed by atoms with van der Waals surface area (Å²) >= 11 is 1.45. The van der Waals surface area contributed by atoms with Gasteiger partial charge in [0.05, 0.1) is 20.7 Å². The number of benzene rings is 2. The Bertz CT molecular complexity index is 1370. The molecule has 0 amide bonds. The van der Waals surface area contributed by atoms with Crippen molar-refractivity contribution in [2.24, 2.45) is 0 Å². The van der Waals surface area contributed by atoms with Crippen LogP contribution in [0.2, 0.25) is 0 Å². The van der Waals surface area contributed by atoms with Crippen LogP contribution in [0.15, 0.2) is 59.0 Å². The van der Waals surface area contributed by atoms with Crippen LogP contribution in [0.4, 0.5) is 11.4 Å². The van der Waals surface area contributed by atoms with Gasteiger partial charge in [0.15, 0.2) is 0 Å². The van der Waals surface area contributed by atoms with Gasteiger partial charge in [0, 0.05) is 30.8 Å². The summed E-state index contributed by atoms with van der Waals surface area (Å²) in [5, 5.41) is 22.1. The van der Waals surface area contributed by atoms with Crippen molar-refractivity contribution in [2.45, 2.75) is 19.3 Å². The minimum atomic E-state index is -0.335. The van der Waals surface area contributed by atoms with E-state index in [1.807, 2.05) is 30.3 Å². The molecule has 4 aromatic rings. The number of rotatable bonds is 5. The zero-order valence-electron chi connectivity index (χ0n) is 17.7. The van der Waals surface area contributed by atoms with Gasteiger partial charge in [-0.3, -0.25) is 10.1 Å². The van der Waals surface area contributed by atoms with Crippen molar-refractivity contribution in [1.29, 1.82) is 5.26 Å². The summed E-state index contributed by atoms with van der Waals surface area (Å²) in [5.41, 5.74) is 2.61. The van der Waals surface area contributed by atoms with Crippen LogP contribution >= 0.6 is 11.3 Å². The van der Waals surface area contributed by atoms with Crippen molar-refractivity contribution in [2.75, 3.05) is 18.0 Å². The Kier molecular flexibility index (Phi) is 5.63. The minimum absolute atomic E-state index is 0.0788. The number of nitrogens with zero attached hydrogens (tertiary/aromatic N) is 4. The molecule has 0 radical (unpaired) electrons. The fourth-order valence-electron chi connectivity index (χ4n) is 4.08. The number of piperidine rings is 1. The Morgan fingerprint density at radius 2 is 1.97 bits per heavy atom. The molecule has 2 aromatic carbocycles. The molecule has 1 fully saturated rings. The number of para-hydroxylation sites is 1. The summed E-state index contributed by atoms with van der Waals surface area (Å²) in [6, 6.07) is 18.7. The molecule has 0 saturated carbocycles.